The Labute approximate surface area is 56.7 Å². The van der Waals surface area contributed by atoms with E-state index >= 15 is 0 Å². The predicted molar refractivity (Wildman–Crippen MR) is 33.5 cm³/mol. The monoisotopic (exact) mass is 135 g/mol. The molecule has 0 bridgehead atoms. The van der Waals surface area contributed by atoms with E-state index in [1.165, 1.54) is 0 Å². The van der Waals surface area contributed by atoms with Crippen molar-refractivity contribution in [3.63, 3.8) is 0 Å². The number of hydrogen-bond donors (Lipinski definition) is 1. The molecule has 0 aliphatic rings. The first kappa shape index (κ1) is 5.16. The molecule has 5 nitrogen and oxygen atoms in total. The third-order valence-electron chi connectivity index (χ3n) is 1.17. The molecule has 0 unspecified atom stereocenters. The van der Waals surface area contributed by atoms with Crippen molar-refractivity contribution >= 4 is 0 Å². The van der Waals surface area contributed by atoms with Gasteiger partial charge < -0.3 is 0 Å². The molecule has 10 heavy (non-hydrogen) atoms. The standard InChI is InChI=1S/C5H5N5/c1-2-6-9-5(1)10-3-7-8-4-10/h1-4H,(H,6,9). The Bertz CT molecular complexity index is 249. The van der Waals surface area contributed by atoms with Gasteiger partial charge >= 0.3 is 0 Å². The van der Waals surface area contributed by atoms with Gasteiger partial charge in [-0.3, -0.25) is 9.67 Å². The average Bonchev–Trinajstić information content (AvgIpc) is 2.59. The van der Waals surface area contributed by atoms with Crippen molar-refractivity contribution in [2.24, 2.45) is 0 Å². The van der Waals surface area contributed by atoms with Crippen molar-refractivity contribution in [2.75, 3.05) is 0 Å². The Balaban J connectivity index is 2.48. The Hall–Kier alpha value is -1.65. The molecule has 0 aromatic carbocycles. The van der Waals surface area contributed by atoms with Crippen LogP contribution in [0.1, 0.15) is 0 Å². The minimum Gasteiger partial charge on any atom is -0.284 e. The lowest BCUT2D eigenvalue weighted by Crippen LogP contribution is -1.88. The van der Waals surface area contributed by atoms with Crippen molar-refractivity contribution in [1.82, 2.24) is 25.0 Å². The molecular formula is C5H5N5. The van der Waals surface area contributed by atoms with E-state index in [0.29, 0.717) is 0 Å². The maximum absolute atomic E-state index is 3.92. The summed E-state index contributed by atoms with van der Waals surface area (Å²) in [5.74, 6) is 0.796. The Kier molecular flexibility index (Phi) is 1.00. The number of aromatic amines is 1. The summed E-state index contributed by atoms with van der Waals surface area (Å²) >= 11 is 0. The summed E-state index contributed by atoms with van der Waals surface area (Å²) in [5.41, 5.74) is 0. The van der Waals surface area contributed by atoms with Crippen LogP contribution in [0.4, 0.5) is 0 Å². The second-order valence-corrected chi connectivity index (χ2v) is 1.80. The smallest absolute Gasteiger partial charge is 0.160 e. The number of nitrogens with zero attached hydrogens (tertiary/aromatic N) is 4. The number of hydrogen-bond acceptors (Lipinski definition) is 3. The summed E-state index contributed by atoms with van der Waals surface area (Å²) in [7, 11) is 0. The molecule has 0 radical (unpaired) electrons. The molecule has 0 saturated heterocycles. The van der Waals surface area contributed by atoms with Gasteiger partial charge in [0, 0.05) is 12.3 Å². The average molecular weight is 135 g/mol. The van der Waals surface area contributed by atoms with Gasteiger partial charge in [0.15, 0.2) is 5.82 Å². The first-order valence-corrected chi connectivity index (χ1v) is 2.81. The highest BCUT2D eigenvalue weighted by Crippen LogP contribution is 1.97. The van der Waals surface area contributed by atoms with Gasteiger partial charge in [-0.25, -0.2) is 0 Å². The number of rotatable bonds is 1. The van der Waals surface area contributed by atoms with Crippen LogP contribution in [0.15, 0.2) is 24.9 Å². The van der Waals surface area contributed by atoms with Crippen LogP contribution in [-0.2, 0) is 0 Å². The summed E-state index contributed by atoms with van der Waals surface area (Å²) in [5, 5.41) is 13.9. The fourth-order valence-corrected chi connectivity index (χ4v) is 0.715. The lowest BCUT2D eigenvalue weighted by Gasteiger charge is -1.88. The molecule has 0 saturated carbocycles. The summed E-state index contributed by atoms with van der Waals surface area (Å²) in [6.45, 7) is 0. The minimum absolute atomic E-state index is 0.796. The van der Waals surface area contributed by atoms with Gasteiger partial charge in [0.2, 0.25) is 0 Å². The van der Waals surface area contributed by atoms with Crippen LogP contribution >= 0.6 is 0 Å². The first-order chi connectivity index (χ1) is 4.97. The molecule has 2 aromatic rings. The molecule has 0 fully saturated rings. The molecule has 2 heterocycles. The quantitative estimate of drug-likeness (QED) is 0.598. The van der Waals surface area contributed by atoms with Gasteiger partial charge in [0.05, 0.1) is 0 Å². The molecule has 0 aliphatic carbocycles. The largest absolute Gasteiger partial charge is 0.284 e. The maximum atomic E-state index is 3.92. The highest BCUT2D eigenvalue weighted by Gasteiger charge is 1.94. The number of H-pyrrole nitrogens is 1. The minimum atomic E-state index is 0.796. The van der Waals surface area contributed by atoms with Crippen molar-refractivity contribution in [2.45, 2.75) is 0 Å². The molecule has 0 spiro atoms. The molecule has 2 rings (SSSR count). The van der Waals surface area contributed by atoms with Crippen LogP contribution in [0.3, 0.4) is 0 Å². The van der Waals surface area contributed by atoms with Gasteiger partial charge in [-0.05, 0) is 0 Å². The molecule has 50 valence electrons. The van der Waals surface area contributed by atoms with Gasteiger partial charge in [0.1, 0.15) is 12.7 Å². The SMILES string of the molecule is c1cc(-n2cnnc2)n[nH]1. The zero-order valence-electron chi connectivity index (χ0n) is 5.10. The lowest BCUT2D eigenvalue weighted by atomic mass is 10.6. The third kappa shape index (κ3) is 0.680. The maximum Gasteiger partial charge on any atom is 0.160 e. The van der Waals surface area contributed by atoms with E-state index in [1.54, 1.807) is 23.4 Å². The molecule has 0 aliphatic heterocycles. The zero-order chi connectivity index (χ0) is 6.81. The highest BCUT2D eigenvalue weighted by atomic mass is 15.3. The van der Waals surface area contributed by atoms with E-state index in [4.69, 9.17) is 0 Å². The van der Waals surface area contributed by atoms with Crippen LogP contribution in [-0.4, -0.2) is 25.0 Å². The topological polar surface area (TPSA) is 59.4 Å². The van der Waals surface area contributed by atoms with Crippen LogP contribution in [0.2, 0.25) is 0 Å². The second kappa shape index (κ2) is 1.94. The predicted octanol–water partition coefficient (Wildman–Crippen LogP) is -0.00960. The number of nitrogens with one attached hydrogen (secondary N) is 1. The normalized spacial score (nSPS) is 10.0. The summed E-state index contributed by atoms with van der Waals surface area (Å²) in [6.07, 6.45) is 4.93. The fraction of sp³-hybridized carbons (Fsp3) is 0. The zero-order valence-corrected chi connectivity index (χ0v) is 5.10. The van der Waals surface area contributed by atoms with E-state index in [1.807, 2.05) is 6.07 Å². The van der Waals surface area contributed by atoms with Crippen LogP contribution in [0.25, 0.3) is 5.82 Å². The Morgan fingerprint density at radius 2 is 2.10 bits per heavy atom. The number of aromatic nitrogens is 5. The lowest BCUT2D eigenvalue weighted by molar-refractivity contribution is 0.954. The van der Waals surface area contributed by atoms with Crippen LogP contribution < -0.4 is 0 Å². The van der Waals surface area contributed by atoms with Crippen molar-refractivity contribution in [3.05, 3.63) is 24.9 Å². The van der Waals surface area contributed by atoms with Gasteiger partial charge in [0.25, 0.3) is 0 Å². The second-order valence-electron chi connectivity index (χ2n) is 1.80. The first-order valence-electron chi connectivity index (χ1n) is 2.81. The van der Waals surface area contributed by atoms with Gasteiger partial charge in [-0.15, -0.1) is 10.2 Å². The van der Waals surface area contributed by atoms with Crippen molar-refractivity contribution < 1.29 is 0 Å². The van der Waals surface area contributed by atoms with Crippen molar-refractivity contribution in [1.29, 1.82) is 0 Å². The van der Waals surface area contributed by atoms with E-state index in [9.17, 15) is 0 Å². The van der Waals surface area contributed by atoms with E-state index < -0.39 is 0 Å². The van der Waals surface area contributed by atoms with Crippen LogP contribution in [0.5, 0.6) is 0 Å². The summed E-state index contributed by atoms with van der Waals surface area (Å²) < 4.78 is 1.72. The molecule has 5 heteroatoms. The van der Waals surface area contributed by atoms with Gasteiger partial charge in [-0.2, -0.15) is 5.10 Å². The van der Waals surface area contributed by atoms with E-state index in [-0.39, 0.29) is 0 Å². The fourth-order valence-electron chi connectivity index (χ4n) is 0.715. The summed E-state index contributed by atoms with van der Waals surface area (Å²) in [4.78, 5) is 0. The molecule has 2 aromatic heterocycles. The Morgan fingerprint density at radius 1 is 1.30 bits per heavy atom. The van der Waals surface area contributed by atoms with Crippen LogP contribution in [0, 0.1) is 0 Å². The molecule has 1 N–H and O–H groups in total. The molecular weight excluding hydrogens is 130 g/mol. The Morgan fingerprint density at radius 3 is 2.70 bits per heavy atom. The molecule has 0 amide bonds. The molecule has 0 atom stereocenters. The van der Waals surface area contributed by atoms with Gasteiger partial charge in [-0.1, -0.05) is 0 Å². The third-order valence-corrected chi connectivity index (χ3v) is 1.17. The highest BCUT2D eigenvalue weighted by molar-refractivity contribution is 5.16. The van der Waals surface area contributed by atoms with E-state index in [0.717, 1.165) is 5.82 Å². The summed E-state index contributed by atoms with van der Waals surface area (Å²) in [6, 6.07) is 1.84. The van der Waals surface area contributed by atoms with Crippen molar-refractivity contribution in [3.8, 4) is 5.82 Å². The van der Waals surface area contributed by atoms with E-state index in [2.05, 4.69) is 20.4 Å².